The van der Waals surface area contributed by atoms with Crippen molar-refractivity contribution in [2.75, 3.05) is 25.1 Å². The first-order valence-electron chi connectivity index (χ1n) is 3.70. The standard InChI is InChI=1S/C7H13NO4S/c1-13(11,12)6-5-8-4-2-3-7(9)10/h2-3,8H,4-6H2,1H3,(H,9,10)/b3-2+. The first-order chi connectivity index (χ1) is 5.92. The summed E-state index contributed by atoms with van der Waals surface area (Å²) in [6.07, 6.45) is 3.58. The molecule has 0 aliphatic heterocycles. The Morgan fingerprint density at radius 3 is 2.62 bits per heavy atom. The van der Waals surface area contributed by atoms with Crippen LogP contribution in [0.5, 0.6) is 0 Å². The summed E-state index contributed by atoms with van der Waals surface area (Å²) >= 11 is 0. The molecule has 0 radical (unpaired) electrons. The Morgan fingerprint density at radius 2 is 2.15 bits per heavy atom. The van der Waals surface area contributed by atoms with Gasteiger partial charge in [-0.2, -0.15) is 0 Å². The maximum absolute atomic E-state index is 10.6. The molecule has 0 atom stereocenters. The number of sulfone groups is 1. The molecule has 0 bridgehead atoms. The van der Waals surface area contributed by atoms with Crippen LogP contribution in [0.1, 0.15) is 0 Å². The number of rotatable bonds is 6. The zero-order valence-corrected chi connectivity index (χ0v) is 8.17. The van der Waals surface area contributed by atoms with Gasteiger partial charge < -0.3 is 10.4 Å². The number of hydrogen-bond donors (Lipinski definition) is 2. The van der Waals surface area contributed by atoms with Gasteiger partial charge in [0.25, 0.3) is 0 Å². The Hall–Kier alpha value is -0.880. The van der Waals surface area contributed by atoms with Gasteiger partial charge in [-0.3, -0.25) is 0 Å². The Labute approximate surface area is 77.4 Å². The Balaban J connectivity index is 3.43. The minimum atomic E-state index is -2.93. The molecule has 0 aromatic carbocycles. The van der Waals surface area contributed by atoms with Crippen LogP contribution in [-0.2, 0) is 14.6 Å². The second kappa shape index (κ2) is 5.71. The molecule has 13 heavy (non-hydrogen) atoms. The van der Waals surface area contributed by atoms with Gasteiger partial charge in [-0.05, 0) is 0 Å². The lowest BCUT2D eigenvalue weighted by atomic mass is 10.5. The van der Waals surface area contributed by atoms with Crippen LogP contribution in [0, 0.1) is 0 Å². The van der Waals surface area contributed by atoms with Gasteiger partial charge in [0.15, 0.2) is 0 Å². The summed E-state index contributed by atoms with van der Waals surface area (Å²) in [6.45, 7) is 0.699. The van der Waals surface area contributed by atoms with Gasteiger partial charge >= 0.3 is 5.97 Å². The van der Waals surface area contributed by atoms with E-state index in [2.05, 4.69) is 5.32 Å². The summed E-state index contributed by atoms with van der Waals surface area (Å²) in [5.74, 6) is -0.946. The van der Waals surface area contributed by atoms with Gasteiger partial charge in [0, 0.05) is 25.4 Å². The molecule has 5 nitrogen and oxygen atoms in total. The topological polar surface area (TPSA) is 83.5 Å². The molecule has 6 heteroatoms. The molecule has 0 rings (SSSR count). The Bertz CT molecular complexity index is 281. The zero-order chi connectivity index (χ0) is 10.3. The molecule has 0 aromatic rings. The quantitative estimate of drug-likeness (QED) is 0.443. The minimum absolute atomic E-state index is 0.0634. The maximum atomic E-state index is 10.6. The molecule has 0 saturated carbocycles. The van der Waals surface area contributed by atoms with Gasteiger partial charge in [-0.15, -0.1) is 0 Å². The van der Waals surface area contributed by atoms with E-state index < -0.39 is 15.8 Å². The van der Waals surface area contributed by atoms with E-state index in [1.54, 1.807) is 0 Å². The predicted molar refractivity (Wildman–Crippen MR) is 49.4 cm³/mol. The van der Waals surface area contributed by atoms with E-state index in [1.165, 1.54) is 6.08 Å². The first-order valence-corrected chi connectivity index (χ1v) is 5.76. The molecule has 0 aliphatic rings. The van der Waals surface area contributed by atoms with Gasteiger partial charge in [0.05, 0.1) is 5.75 Å². The van der Waals surface area contributed by atoms with Crippen LogP contribution in [0.4, 0.5) is 0 Å². The fourth-order valence-corrected chi connectivity index (χ4v) is 1.12. The normalized spacial score (nSPS) is 12.1. The summed E-state index contributed by atoms with van der Waals surface area (Å²) in [5, 5.41) is 11.0. The highest BCUT2D eigenvalue weighted by atomic mass is 32.2. The average molecular weight is 207 g/mol. The van der Waals surface area contributed by atoms with Crippen molar-refractivity contribution in [3.8, 4) is 0 Å². The highest BCUT2D eigenvalue weighted by molar-refractivity contribution is 7.90. The van der Waals surface area contributed by atoms with E-state index in [4.69, 9.17) is 5.11 Å². The molecule has 0 amide bonds. The van der Waals surface area contributed by atoms with Gasteiger partial charge in [0.2, 0.25) is 0 Å². The van der Waals surface area contributed by atoms with Crippen LogP contribution in [0.3, 0.4) is 0 Å². The van der Waals surface area contributed by atoms with Gasteiger partial charge in [0.1, 0.15) is 9.84 Å². The van der Waals surface area contributed by atoms with Crippen molar-refractivity contribution >= 4 is 15.8 Å². The molecule has 0 aromatic heterocycles. The highest BCUT2D eigenvalue weighted by Crippen LogP contribution is 1.79. The third-order valence-corrected chi connectivity index (χ3v) is 2.12. The lowest BCUT2D eigenvalue weighted by Gasteiger charge is -1.98. The summed E-state index contributed by atoms with van der Waals surface area (Å²) in [6, 6.07) is 0. The fourth-order valence-electron chi connectivity index (χ4n) is 0.603. The largest absolute Gasteiger partial charge is 0.478 e. The maximum Gasteiger partial charge on any atom is 0.328 e. The van der Waals surface area contributed by atoms with Crippen molar-refractivity contribution in [2.24, 2.45) is 0 Å². The van der Waals surface area contributed by atoms with Crippen molar-refractivity contribution in [1.29, 1.82) is 0 Å². The van der Waals surface area contributed by atoms with E-state index in [0.717, 1.165) is 12.3 Å². The zero-order valence-electron chi connectivity index (χ0n) is 7.36. The van der Waals surface area contributed by atoms with Crippen molar-refractivity contribution < 1.29 is 18.3 Å². The number of carboxylic acids is 1. The van der Waals surface area contributed by atoms with E-state index >= 15 is 0 Å². The van der Waals surface area contributed by atoms with Crippen LogP contribution >= 0.6 is 0 Å². The van der Waals surface area contributed by atoms with Crippen LogP contribution in [-0.4, -0.2) is 44.6 Å². The van der Waals surface area contributed by atoms with Gasteiger partial charge in [-0.25, -0.2) is 13.2 Å². The van der Waals surface area contributed by atoms with E-state index in [0.29, 0.717) is 13.1 Å². The summed E-state index contributed by atoms with van der Waals surface area (Å²) in [4.78, 5) is 9.98. The third-order valence-electron chi connectivity index (χ3n) is 1.17. The number of nitrogens with one attached hydrogen (secondary N) is 1. The molecule has 2 N–H and O–H groups in total. The van der Waals surface area contributed by atoms with Gasteiger partial charge in [-0.1, -0.05) is 6.08 Å². The summed E-state index contributed by atoms with van der Waals surface area (Å²) < 4.78 is 21.2. The van der Waals surface area contributed by atoms with Crippen molar-refractivity contribution in [2.45, 2.75) is 0 Å². The first kappa shape index (κ1) is 12.1. The van der Waals surface area contributed by atoms with E-state index in [-0.39, 0.29) is 5.75 Å². The summed E-state index contributed by atoms with van der Waals surface area (Å²) in [5.41, 5.74) is 0. The average Bonchev–Trinajstić information content (AvgIpc) is 1.93. The van der Waals surface area contributed by atoms with E-state index in [1.807, 2.05) is 0 Å². The summed E-state index contributed by atoms with van der Waals surface area (Å²) in [7, 11) is -2.93. The smallest absolute Gasteiger partial charge is 0.328 e. The highest BCUT2D eigenvalue weighted by Gasteiger charge is 1.99. The monoisotopic (exact) mass is 207 g/mol. The molecule has 0 heterocycles. The molecule has 0 spiro atoms. The van der Waals surface area contributed by atoms with Crippen molar-refractivity contribution in [3.05, 3.63) is 12.2 Å². The lowest BCUT2D eigenvalue weighted by Crippen LogP contribution is -2.22. The van der Waals surface area contributed by atoms with E-state index in [9.17, 15) is 13.2 Å². The molecule has 0 fully saturated rings. The third kappa shape index (κ3) is 11.1. The SMILES string of the molecule is CS(=O)(=O)CCNC/C=C/C(=O)O. The molecule has 0 saturated heterocycles. The van der Waals surface area contributed by atoms with Crippen LogP contribution < -0.4 is 5.32 Å². The number of carbonyl (C=O) groups is 1. The second-order valence-electron chi connectivity index (χ2n) is 2.57. The van der Waals surface area contributed by atoms with Crippen molar-refractivity contribution in [3.63, 3.8) is 0 Å². The van der Waals surface area contributed by atoms with Crippen LogP contribution in [0.15, 0.2) is 12.2 Å². The fraction of sp³-hybridized carbons (Fsp3) is 0.571. The lowest BCUT2D eigenvalue weighted by molar-refractivity contribution is -0.131. The molecule has 76 valence electrons. The van der Waals surface area contributed by atoms with Crippen LogP contribution in [0.2, 0.25) is 0 Å². The minimum Gasteiger partial charge on any atom is -0.478 e. The second-order valence-corrected chi connectivity index (χ2v) is 4.83. The molecule has 0 aliphatic carbocycles. The predicted octanol–water partition coefficient (Wildman–Crippen LogP) is -0.739. The molecular formula is C7H13NO4S. The molecule has 0 unspecified atom stereocenters. The Morgan fingerprint density at radius 1 is 1.54 bits per heavy atom. The Kier molecular flexibility index (Phi) is 5.33. The molecular weight excluding hydrogens is 194 g/mol. The number of hydrogen-bond acceptors (Lipinski definition) is 4. The number of aliphatic carboxylic acids is 1. The van der Waals surface area contributed by atoms with Crippen LogP contribution in [0.25, 0.3) is 0 Å². The van der Waals surface area contributed by atoms with Crippen molar-refractivity contribution in [1.82, 2.24) is 5.32 Å². The number of carboxylic acid groups (broad SMARTS) is 1.